The number of hydrogen-bond donors (Lipinski definition) is 2. The van der Waals surface area contributed by atoms with Crippen LogP contribution in [0.5, 0.6) is 17.2 Å². The Morgan fingerprint density at radius 1 is 1.14 bits per heavy atom. The van der Waals surface area contributed by atoms with Crippen LogP contribution in [0.15, 0.2) is 12.1 Å². The minimum Gasteiger partial charge on any atom is -0.493 e. The topological polar surface area (TPSA) is 94.1 Å². The van der Waals surface area contributed by atoms with Gasteiger partial charge in [-0.25, -0.2) is 0 Å². The lowest BCUT2D eigenvalue weighted by molar-refractivity contribution is -0.137. The zero-order valence-electron chi connectivity index (χ0n) is 12.4. The predicted molar refractivity (Wildman–Crippen MR) is 75.3 cm³/mol. The second kappa shape index (κ2) is 7.37. The van der Waals surface area contributed by atoms with Gasteiger partial charge in [0.05, 0.1) is 27.8 Å². The van der Waals surface area contributed by atoms with Crippen molar-refractivity contribution in [2.45, 2.75) is 19.4 Å². The van der Waals surface area contributed by atoms with Crippen LogP contribution in [0, 0.1) is 0 Å². The molecular formula is C14H19NO6. The van der Waals surface area contributed by atoms with E-state index in [1.54, 1.807) is 6.92 Å². The number of ether oxygens (including phenoxy) is 3. The van der Waals surface area contributed by atoms with Crippen molar-refractivity contribution < 1.29 is 28.9 Å². The van der Waals surface area contributed by atoms with E-state index in [0.717, 1.165) is 0 Å². The molecule has 0 heterocycles. The Bertz CT molecular complexity index is 503. The average molecular weight is 297 g/mol. The minimum atomic E-state index is -0.979. The molecule has 0 aliphatic rings. The van der Waals surface area contributed by atoms with Crippen molar-refractivity contribution in [3.8, 4) is 17.2 Å². The molecule has 0 aliphatic carbocycles. The normalized spacial score (nSPS) is 11.4. The molecule has 0 saturated carbocycles. The maximum Gasteiger partial charge on any atom is 0.305 e. The highest BCUT2D eigenvalue weighted by Gasteiger charge is 2.18. The van der Waals surface area contributed by atoms with Crippen LogP contribution >= 0.6 is 0 Å². The molecule has 1 amide bonds. The van der Waals surface area contributed by atoms with E-state index < -0.39 is 17.9 Å². The van der Waals surface area contributed by atoms with Crippen LogP contribution in [-0.4, -0.2) is 44.4 Å². The summed E-state index contributed by atoms with van der Waals surface area (Å²) >= 11 is 0. The van der Waals surface area contributed by atoms with Gasteiger partial charge >= 0.3 is 5.97 Å². The maximum atomic E-state index is 12.1. The largest absolute Gasteiger partial charge is 0.493 e. The van der Waals surface area contributed by atoms with Gasteiger partial charge in [-0.3, -0.25) is 9.59 Å². The second-order valence-electron chi connectivity index (χ2n) is 4.39. The van der Waals surface area contributed by atoms with Gasteiger partial charge in [0.25, 0.3) is 5.91 Å². The summed E-state index contributed by atoms with van der Waals surface area (Å²) in [6.45, 7) is 1.62. The first-order valence-electron chi connectivity index (χ1n) is 6.25. The standard InChI is InChI=1S/C14H19NO6/c1-8(5-12(16)17)15-14(18)9-6-10(19-2)13(21-4)11(7-9)20-3/h6-8H,5H2,1-4H3,(H,15,18)(H,16,17). The Labute approximate surface area is 122 Å². The Balaban J connectivity index is 3.02. The molecule has 2 N–H and O–H groups in total. The third-order valence-electron chi connectivity index (χ3n) is 2.79. The average Bonchev–Trinajstić information content (AvgIpc) is 2.44. The van der Waals surface area contributed by atoms with E-state index in [9.17, 15) is 9.59 Å². The van der Waals surface area contributed by atoms with Crippen molar-refractivity contribution >= 4 is 11.9 Å². The molecule has 21 heavy (non-hydrogen) atoms. The number of carboxylic acid groups (broad SMARTS) is 1. The van der Waals surface area contributed by atoms with Crippen molar-refractivity contribution in [2.75, 3.05) is 21.3 Å². The molecule has 0 radical (unpaired) electrons. The predicted octanol–water partition coefficient (Wildman–Crippen LogP) is 1.31. The smallest absolute Gasteiger partial charge is 0.305 e. The van der Waals surface area contributed by atoms with Gasteiger partial charge in [-0.05, 0) is 19.1 Å². The van der Waals surface area contributed by atoms with Crippen LogP contribution in [0.1, 0.15) is 23.7 Å². The lowest BCUT2D eigenvalue weighted by atomic mass is 10.1. The quantitative estimate of drug-likeness (QED) is 0.788. The summed E-state index contributed by atoms with van der Waals surface area (Å²) in [4.78, 5) is 22.7. The summed E-state index contributed by atoms with van der Waals surface area (Å²) in [6.07, 6.45) is -0.157. The van der Waals surface area contributed by atoms with Crippen LogP contribution in [-0.2, 0) is 4.79 Å². The number of benzene rings is 1. The zero-order valence-corrected chi connectivity index (χ0v) is 12.4. The van der Waals surface area contributed by atoms with E-state index in [1.165, 1.54) is 33.5 Å². The van der Waals surface area contributed by atoms with E-state index >= 15 is 0 Å². The van der Waals surface area contributed by atoms with Crippen molar-refractivity contribution in [3.63, 3.8) is 0 Å². The first-order valence-corrected chi connectivity index (χ1v) is 6.25. The number of nitrogens with one attached hydrogen (secondary N) is 1. The number of hydrogen-bond acceptors (Lipinski definition) is 5. The first-order chi connectivity index (χ1) is 9.92. The Kier molecular flexibility index (Phi) is 5.83. The molecular weight excluding hydrogens is 278 g/mol. The van der Waals surface area contributed by atoms with E-state index in [1.807, 2.05) is 0 Å². The summed E-state index contributed by atoms with van der Waals surface area (Å²) in [5.41, 5.74) is 0.293. The molecule has 1 unspecified atom stereocenters. The highest BCUT2D eigenvalue weighted by Crippen LogP contribution is 2.38. The number of methoxy groups -OCH3 is 3. The fourth-order valence-corrected chi connectivity index (χ4v) is 1.83. The van der Waals surface area contributed by atoms with Gasteiger partial charge in [-0.2, -0.15) is 0 Å². The fraction of sp³-hybridized carbons (Fsp3) is 0.429. The van der Waals surface area contributed by atoms with Gasteiger partial charge in [0.2, 0.25) is 5.75 Å². The lowest BCUT2D eigenvalue weighted by Gasteiger charge is -2.15. The van der Waals surface area contributed by atoms with Crippen LogP contribution in [0.3, 0.4) is 0 Å². The van der Waals surface area contributed by atoms with E-state index in [4.69, 9.17) is 19.3 Å². The van der Waals surface area contributed by atoms with Gasteiger partial charge in [-0.15, -0.1) is 0 Å². The third-order valence-corrected chi connectivity index (χ3v) is 2.79. The molecule has 0 aliphatic heterocycles. The molecule has 0 saturated heterocycles. The Hall–Kier alpha value is -2.44. The molecule has 1 aromatic rings. The monoisotopic (exact) mass is 297 g/mol. The summed E-state index contributed by atoms with van der Waals surface area (Å²) in [5.74, 6) is -0.299. The number of carbonyl (C=O) groups excluding carboxylic acids is 1. The van der Waals surface area contributed by atoms with Gasteiger partial charge in [-0.1, -0.05) is 0 Å². The summed E-state index contributed by atoms with van der Waals surface area (Å²) in [7, 11) is 4.37. The van der Waals surface area contributed by atoms with E-state index in [-0.39, 0.29) is 6.42 Å². The highest BCUT2D eigenvalue weighted by atomic mass is 16.5. The van der Waals surface area contributed by atoms with Gasteiger partial charge in [0, 0.05) is 11.6 Å². The molecule has 1 atom stereocenters. The number of amides is 1. The first kappa shape index (κ1) is 16.6. The molecule has 116 valence electrons. The Morgan fingerprint density at radius 2 is 1.67 bits per heavy atom. The zero-order chi connectivity index (χ0) is 16.0. The van der Waals surface area contributed by atoms with Crippen LogP contribution < -0.4 is 19.5 Å². The number of aliphatic carboxylic acids is 1. The molecule has 7 heteroatoms. The van der Waals surface area contributed by atoms with Crippen molar-refractivity contribution in [3.05, 3.63) is 17.7 Å². The molecule has 1 rings (SSSR count). The molecule has 0 bridgehead atoms. The van der Waals surface area contributed by atoms with Crippen LogP contribution in [0.2, 0.25) is 0 Å². The van der Waals surface area contributed by atoms with Gasteiger partial charge < -0.3 is 24.6 Å². The molecule has 0 spiro atoms. The fourth-order valence-electron chi connectivity index (χ4n) is 1.83. The van der Waals surface area contributed by atoms with Crippen molar-refractivity contribution in [1.82, 2.24) is 5.32 Å². The second-order valence-corrected chi connectivity index (χ2v) is 4.39. The van der Waals surface area contributed by atoms with Gasteiger partial charge in [0.15, 0.2) is 11.5 Å². The minimum absolute atomic E-state index is 0.157. The molecule has 1 aromatic carbocycles. The summed E-state index contributed by atoms with van der Waals surface area (Å²) in [6, 6.07) is 2.52. The lowest BCUT2D eigenvalue weighted by Crippen LogP contribution is -2.34. The van der Waals surface area contributed by atoms with E-state index in [0.29, 0.717) is 22.8 Å². The SMILES string of the molecule is COc1cc(C(=O)NC(C)CC(=O)O)cc(OC)c1OC. The van der Waals surface area contributed by atoms with Crippen LogP contribution in [0.25, 0.3) is 0 Å². The maximum absolute atomic E-state index is 12.1. The molecule has 0 fully saturated rings. The highest BCUT2D eigenvalue weighted by molar-refractivity contribution is 5.96. The number of rotatable bonds is 7. The van der Waals surface area contributed by atoms with Gasteiger partial charge in [0.1, 0.15) is 0 Å². The summed E-state index contributed by atoms with van der Waals surface area (Å²) in [5, 5.41) is 11.3. The molecule has 0 aromatic heterocycles. The van der Waals surface area contributed by atoms with Crippen molar-refractivity contribution in [2.24, 2.45) is 0 Å². The number of carboxylic acids is 1. The van der Waals surface area contributed by atoms with Crippen molar-refractivity contribution in [1.29, 1.82) is 0 Å². The molecule has 7 nitrogen and oxygen atoms in total. The third kappa shape index (κ3) is 4.27. The summed E-state index contributed by atoms with van der Waals surface area (Å²) < 4.78 is 15.5. The van der Waals surface area contributed by atoms with Crippen LogP contribution in [0.4, 0.5) is 0 Å². The van der Waals surface area contributed by atoms with E-state index in [2.05, 4.69) is 5.32 Å². The number of carbonyl (C=O) groups is 2. The Morgan fingerprint density at radius 3 is 2.05 bits per heavy atom.